The monoisotopic (exact) mass is 459 g/mol. The van der Waals surface area contributed by atoms with Crippen LogP contribution in [0.5, 0.6) is 11.6 Å². The summed E-state index contributed by atoms with van der Waals surface area (Å²) in [6.45, 7) is -1.55. The van der Waals surface area contributed by atoms with Gasteiger partial charge in [-0.25, -0.2) is 19.3 Å². The van der Waals surface area contributed by atoms with E-state index in [-0.39, 0.29) is 23.5 Å². The molecule has 1 aliphatic heterocycles. The van der Waals surface area contributed by atoms with Crippen LogP contribution in [0.4, 0.5) is 24.8 Å². The molecular weight excluding hydrogens is 439 g/mol. The van der Waals surface area contributed by atoms with Gasteiger partial charge in [-0.2, -0.15) is 13.3 Å². The Morgan fingerprint density at radius 1 is 1.21 bits per heavy atom. The van der Waals surface area contributed by atoms with Gasteiger partial charge in [-0.05, 0) is 25.0 Å². The molecule has 3 aromatic heterocycles. The van der Waals surface area contributed by atoms with Gasteiger partial charge < -0.3 is 20.1 Å². The second-order valence-corrected chi connectivity index (χ2v) is 7.70. The first-order chi connectivity index (χ1) is 15.9. The Morgan fingerprint density at radius 2 is 2.06 bits per heavy atom. The van der Waals surface area contributed by atoms with E-state index in [1.54, 1.807) is 6.07 Å². The van der Waals surface area contributed by atoms with E-state index in [0.29, 0.717) is 28.9 Å². The number of fused-ring (bicyclic) bond motifs is 3. The number of benzene rings is 1. The molecule has 9 nitrogen and oxygen atoms in total. The summed E-state index contributed by atoms with van der Waals surface area (Å²) in [4.78, 5) is 15.0. The number of alkyl halides is 2. The van der Waals surface area contributed by atoms with Crippen molar-refractivity contribution < 1.29 is 22.6 Å². The van der Waals surface area contributed by atoms with Crippen molar-refractivity contribution in [3.8, 4) is 11.6 Å². The molecule has 0 bridgehead atoms. The summed E-state index contributed by atoms with van der Waals surface area (Å²) >= 11 is 0. The van der Waals surface area contributed by atoms with Crippen molar-refractivity contribution in [3.63, 3.8) is 0 Å². The number of nitrogens with zero attached hydrogens (tertiary/aromatic N) is 6. The number of piperidine rings is 1. The lowest BCUT2D eigenvalue weighted by atomic mass is 9.97. The average molecular weight is 459 g/mol. The number of halogens is 3. The lowest BCUT2D eigenvalue weighted by molar-refractivity contribution is -0.0528. The van der Waals surface area contributed by atoms with Gasteiger partial charge in [0.25, 0.3) is 0 Å². The van der Waals surface area contributed by atoms with Crippen molar-refractivity contribution in [2.75, 3.05) is 30.8 Å². The van der Waals surface area contributed by atoms with Crippen LogP contribution in [0.2, 0.25) is 0 Å². The normalized spacial score (nSPS) is 16.6. The Hall–Kier alpha value is -3.83. The van der Waals surface area contributed by atoms with E-state index >= 15 is 0 Å². The molecule has 2 N–H and O–H groups in total. The van der Waals surface area contributed by atoms with Crippen LogP contribution in [0, 0.1) is 5.82 Å². The third kappa shape index (κ3) is 3.92. The smallest absolute Gasteiger partial charge is 0.388 e. The highest BCUT2D eigenvalue weighted by atomic mass is 19.3. The van der Waals surface area contributed by atoms with E-state index in [2.05, 4.69) is 29.7 Å². The maximum atomic E-state index is 14.3. The van der Waals surface area contributed by atoms with Crippen molar-refractivity contribution in [3.05, 3.63) is 42.1 Å². The molecule has 0 amide bonds. The Balaban J connectivity index is 1.45. The molecule has 1 aromatic carbocycles. The van der Waals surface area contributed by atoms with Crippen LogP contribution < -0.4 is 20.1 Å². The van der Waals surface area contributed by atoms with E-state index in [0.717, 1.165) is 25.1 Å². The highest BCUT2D eigenvalue weighted by Crippen LogP contribution is 2.31. The molecule has 1 fully saturated rings. The maximum Gasteiger partial charge on any atom is 0.388 e. The Labute approximate surface area is 186 Å². The first kappa shape index (κ1) is 21.0. The minimum atomic E-state index is -2.92. The standard InChI is InChI=1S/C21H20F3N7O2/c1-32-16-8-15-13(7-14(16)22)19-28-18(29-31(19)21(25)27-15)11-3-2-6-30(10-11)12-4-5-17(26-9-12)33-20(23)24/h4-5,7-9,11,20H,2-3,6,10H2,1H3,(H2,25,27)/t11-/m1/s1. The van der Waals surface area contributed by atoms with Gasteiger partial charge in [-0.3, -0.25) is 0 Å². The highest BCUT2D eigenvalue weighted by Gasteiger charge is 2.26. The first-order valence-electron chi connectivity index (χ1n) is 10.3. The van der Waals surface area contributed by atoms with Crippen LogP contribution in [0.25, 0.3) is 16.6 Å². The second-order valence-electron chi connectivity index (χ2n) is 7.70. The average Bonchev–Trinajstić information content (AvgIpc) is 3.26. The molecule has 12 heteroatoms. The van der Waals surface area contributed by atoms with Crippen molar-refractivity contribution >= 4 is 28.2 Å². The first-order valence-corrected chi connectivity index (χ1v) is 10.3. The minimum absolute atomic E-state index is 0.0202. The fourth-order valence-corrected chi connectivity index (χ4v) is 4.12. The van der Waals surface area contributed by atoms with Crippen LogP contribution in [-0.4, -0.2) is 51.4 Å². The summed E-state index contributed by atoms with van der Waals surface area (Å²) < 4.78 is 49.8. The minimum Gasteiger partial charge on any atom is -0.494 e. The summed E-state index contributed by atoms with van der Waals surface area (Å²) in [6.07, 6.45) is 3.22. The van der Waals surface area contributed by atoms with Crippen molar-refractivity contribution in [2.45, 2.75) is 25.4 Å². The van der Waals surface area contributed by atoms with Gasteiger partial charge in [0.15, 0.2) is 23.0 Å². The van der Waals surface area contributed by atoms with Gasteiger partial charge in [0, 0.05) is 36.5 Å². The summed E-state index contributed by atoms with van der Waals surface area (Å²) in [5.41, 5.74) is 7.75. The number of ether oxygens (including phenoxy) is 2. The maximum absolute atomic E-state index is 14.3. The largest absolute Gasteiger partial charge is 0.494 e. The van der Waals surface area contributed by atoms with Gasteiger partial charge in [0.1, 0.15) is 0 Å². The Kier molecular flexibility index (Phi) is 5.27. The number of rotatable bonds is 5. The quantitative estimate of drug-likeness (QED) is 0.485. The number of hydrogen-bond acceptors (Lipinski definition) is 8. The fourth-order valence-electron chi connectivity index (χ4n) is 4.12. The van der Waals surface area contributed by atoms with Crippen LogP contribution in [0.3, 0.4) is 0 Å². The molecule has 1 atom stereocenters. The molecule has 4 heterocycles. The predicted octanol–water partition coefficient (Wildman–Crippen LogP) is 3.39. The molecule has 0 spiro atoms. The summed E-state index contributed by atoms with van der Waals surface area (Å²) in [5, 5.41) is 5.03. The fraction of sp³-hybridized carbons (Fsp3) is 0.333. The van der Waals surface area contributed by atoms with Gasteiger partial charge in [-0.15, -0.1) is 5.10 Å². The van der Waals surface area contributed by atoms with E-state index in [1.165, 1.54) is 36.0 Å². The number of aromatic nitrogens is 5. The zero-order valence-corrected chi connectivity index (χ0v) is 17.6. The van der Waals surface area contributed by atoms with E-state index in [1.807, 2.05) is 0 Å². The Morgan fingerprint density at radius 3 is 2.79 bits per heavy atom. The SMILES string of the molecule is COc1cc2nc(N)n3nc([C@@H]4CCCN(c5ccc(OC(F)F)nc5)C4)nc3c2cc1F. The van der Waals surface area contributed by atoms with Crippen LogP contribution in [0.15, 0.2) is 30.5 Å². The van der Waals surface area contributed by atoms with E-state index in [9.17, 15) is 13.2 Å². The summed E-state index contributed by atoms with van der Waals surface area (Å²) in [5.74, 6) is 0.0915. The zero-order chi connectivity index (χ0) is 23.1. The van der Waals surface area contributed by atoms with Crippen molar-refractivity contribution in [1.29, 1.82) is 0 Å². The zero-order valence-electron chi connectivity index (χ0n) is 17.6. The third-order valence-corrected chi connectivity index (χ3v) is 5.67. The lowest BCUT2D eigenvalue weighted by Crippen LogP contribution is -2.34. The molecule has 0 radical (unpaired) electrons. The Bertz CT molecular complexity index is 1310. The molecule has 1 aliphatic rings. The number of anilines is 2. The number of methoxy groups -OCH3 is 1. The molecule has 4 aromatic rings. The molecular formula is C21H20F3N7O2. The number of nitrogens with two attached hydrogens (primary N) is 1. The molecule has 33 heavy (non-hydrogen) atoms. The van der Waals surface area contributed by atoms with E-state index in [4.69, 9.17) is 10.5 Å². The molecule has 0 unspecified atom stereocenters. The molecule has 0 saturated carbocycles. The topological polar surface area (TPSA) is 104 Å². The molecule has 5 rings (SSSR count). The summed E-state index contributed by atoms with van der Waals surface area (Å²) in [7, 11) is 1.38. The molecule has 1 saturated heterocycles. The van der Waals surface area contributed by atoms with Crippen molar-refractivity contribution in [2.24, 2.45) is 0 Å². The number of hydrogen-bond donors (Lipinski definition) is 1. The van der Waals surface area contributed by atoms with Crippen LogP contribution in [0.1, 0.15) is 24.6 Å². The number of pyridine rings is 1. The second kappa shape index (κ2) is 8.26. The van der Waals surface area contributed by atoms with Gasteiger partial charge in [0.05, 0.1) is 24.5 Å². The highest BCUT2D eigenvalue weighted by molar-refractivity contribution is 5.93. The predicted molar refractivity (Wildman–Crippen MR) is 114 cm³/mol. The molecule has 0 aliphatic carbocycles. The third-order valence-electron chi connectivity index (χ3n) is 5.67. The summed E-state index contributed by atoms with van der Waals surface area (Å²) in [6, 6.07) is 5.90. The van der Waals surface area contributed by atoms with Gasteiger partial charge in [0.2, 0.25) is 11.8 Å². The van der Waals surface area contributed by atoms with Gasteiger partial charge in [-0.1, -0.05) is 0 Å². The number of nitrogen functional groups attached to an aromatic ring is 1. The van der Waals surface area contributed by atoms with Crippen LogP contribution in [-0.2, 0) is 0 Å². The van der Waals surface area contributed by atoms with E-state index < -0.39 is 12.4 Å². The molecule has 172 valence electrons. The van der Waals surface area contributed by atoms with Gasteiger partial charge >= 0.3 is 6.61 Å². The van der Waals surface area contributed by atoms with Crippen molar-refractivity contribution in [1.82, 2.24) is 24.6 Å². The van der Waals surface area contributed by atoms with Crippen LogP contribution >= 0.6 is 0 Å². The lowest BCUT2D eigenvalue weighted by Gasteiger charge is -2.33.